The first-order valence-electron chi connectivity index (χ1n) is 11.0. The van der Waals surface area contributed by atoms with Crippen LogP contribution in [0.1, 0.15) is 68.8 Å². The van der Waals surface area contributed by atoms with Crippen LogP contribution in [-0.2, 0) is 11.2 Å². The van der Waals surface area contributed by atoms with E-state index in [1.165, 1.54) is 35.5 Å². The first-order chi connectivity index (χ1) is 14.1. The molecule has 1 N–H and O–H groups in total. The number of aryl methyl sites for hydroxylation is 1. The molecule has 5 nitrogen and oxygen atoms in total. The number of amides is 1. The van der Waals surface area contributed by atoms with E-state index in [2.05, 4.69) is 52.7 Å². The molecule has 1 aromatic heterocycles. The van der Waals surface area contributed by atoms with E-state index in [0.29, 0.717) is 12.3 Å². The molecular weight excluding hydrogens is 380 g/mol. The van der Waals surface area contributed by atoms with Gasteiger partial charge in [-0.25, -0.2) is 4.98 Å². The van der Waals surface area contributed by atoms with E-state index in [0.717, 1.165) is 62.7 Å². The lowest BCUT2D eigenvalue weighted by molar-refractivity contribution is -0.121. The van der Waals surface area contributed by atoms with Crippen molar-refractivity contribution in [3.63, 3.8) is 0 Å². The number of hydrogen-bond acceptors (Lipinski definition) is 5. The minimum Gasteiger partial charge on any atom is -0.356 e. The highest BCUT2D eigenvalue weighted by Crippen LogP contribution is 2.25. The maximum atomic E-state index is 12.0. The highest BCUT2D eigenvalue weighted by Gasteiger charge is 2.22. The van der Waals surface area contributed by atoms with Gasteiger partial charge in [-0.1, -0.05) is 56.0 Å². The summed E-state index contributed by atoms with van der Waals surface area (Å²) < 4.78 is 4.56. The smallest absolute Gasteiger partial charge is 0.220 e. The van der Waals surface area contributed by atoms with Crippen LogP contribution in [0.5, 0.6) is 0 Å². The summed E-state index contributed by atoms with van der Waals surface area (Å²) in [4.78, 5) is 19.1. The quantitative estimate of drug-likeness (QED) is 0.571. The van der Waals surface area contributed by atoms with Gasteiger partial charge in [0, 0.05) is 44.0 Å². The summed E-state index contributed by atoms with van der Waals surface area (Å²) in [6, 6.07) is 8.58. The molecule has 158 valence electrons. The van der Waals surface area contributed by atoms with Crippen LogP contribution < -0.4 is 10.2 Å². The van der Waals surface area contributed by atoms with E-state index in [1.807, 2.05) is 0 Å². The number of carbonyl (C=O) groups is 1. The summed E-state index contributed by atoms with van der Waals surface area (Å²) in [6.45, 7) is 7.10. The fourth-order valence-corrected chi connectivity index (χ4v) is 4.46. The lowest BCUT2D eigenvalue weighted by Crippen LogP contribution is -2.38. The average Bonchev–Trinajstić information content (AvgIpc) is 3.20. The van der Waals surface area contributed by atoms with E-state index >= 15 is 0 Å². The molecule has 2 heterocycles. The third-order valence-electron chi connectivity index (χ3n) is 5.67. The van der Waals surface area contributed by atoms with Crippen molar-refractivity contribution in [2.24, 2.45) is 5.92 Å². The molecule has 0 bridgehead atoms. The number of rotatable bonds is 10. The van der Waals surface area contributed by atoms with Crippen LogP contribution >= 0.6 is 11.5 Å². The molecule has 3 rings (SSSR count). The van der Waals surface area contributed by atoms with Gasteiger partial charge in [0.15, 0.2) is 0 Å². The normalized spacial score (nSPS) is 14.9. The third kappa shape index (κ3) is 7.11. The van der Waals surface area contributed by atoms with Gasteiger partial charge in [0.2, 0.25) is 11.0 Å². The van der Waals surface area contributed by atoms with Gasteiger partial charge in [-0.15, -0.1) is 0 Å². The van der Waals surface area contributed by atoms with E-state index < -0.39 is 0 Å². The van der Waals surface area contributed by atoms with Crippen LogP contribution in [0.25, 0.3) is 0 Å². The topological polar surface area (TPSA) is 58.1 Å². The van der Waals surface area contributed by atoms with Gasteiger partial charge in [-0.2, -0.15) is 4.37 Å². The maximum absolute atomic E-state index is 12.0. The number of anilines is 1. The number of benzene rings is 1. The summed E-state index contributed by atoms with van der Waals surface area (Å²) >= 11 is 1.51. The van der Waals surface area contributed by atoms with Gasteiger partial charge in [0.25, 0.3) is 0 Å². The van der Waals surface area contributed by atoms with E-state index in [9.17, 15) is 4.79 Å². The molecule has 1 aromatic carbocycles. The van der Waals surface area contributed by atoms with Gasteiger partial charge in [0.1, 0.15) is 5.82 Å². The van der Waals surface area contributed by atoms with Crippen molar-refractivity contribution in [1.82, 2.24) is 14.7 Å². The Labute approximate surface area is 179 Å². The fraction of sp³-hybridized carbons (Fsp3) is 0.609. The van der Waals surface area contributed by atoms with Crippen molar-refractivity contribution in [3.05, 3.63) is 41.2 Å². The third-order valence-corrected chi connectivity index (χ3v) is 6.49. The first kappa shape index (κ1) is 21.8. The standard InChI is InChI=1S/C23H34N4OS/c1-3-4-5-6-7-22(28)24-17-20-12-14-27(15-13-20)23-25-21(26-29-23)16-19-10-8-18(2)9-11-19/h8-11,20H,3-7,12-17H2,1-2H3,(H,24,28). The highest BCUT2D eigenvalue weighted by atomic mass is 32.1. The van der Waals surface area contributed by atoms with Gasteiger partial charge < -0.3 is 10.2 Å². The molecule has 1 amide bonds. The number of nitrogens with zero attached hydrogens (tertiary/aromatic N) is 3. The molecule has 0 radical (unpaired) electrons. The zero-order valence-electron chi connectivity index (χ0n) is 17.8. The molecule has 0 atom stereocenters. The van der Waals surface area contributed by atoms with Crippen molar-refractivity contribution in [2.75, 3.05) is 24.5 Å². The predicted octanol–water partition coefficient (Wildman–Crippen LogP) is 4.74. The van der Waals surface area contributed by atoms with Crippen molar-refractivity contribution in [1.29, 1.82) is 0 Å². The lowest BCUT2D eigenvalue weighted by Gasteiger charge is -2.31. The van der Waals surface area contributed by atoms with Crippen molar-refractivity contribution in [2.45, 2.75) is 65.2 Å². The molecule has 0 aliphatic carbocycles. The van der Waals surface area contributed by atoms with Crippen LogP contribution in [0.2, 0.25) is 0 Å². The van der Waals surface area contributed by atoms with E-state index in [4.69, 9.17) is 4.98 Å². The second kappa shape index (κ2) is 11.3. The Balaban J connectivity index is 1.38. The van der Waals surface area contributed by atoms with Crippen molar-refractivity contribution < 1.29 is 4.79 Å². The minimum atomic E-state index is 0.216. The molecule has 29 heavy (non-hydrogen) atoms. The van der Waals surface area contributed by atoms with Gasteiger partial charge >= 0.3 is 0 Å². The largest absolute Gasteiger partial charge is 0.356 e. The average molecular weight is 415 g/mol. The Morgan fingerprint density at radius 3 is 2.66 bits per heavy atom. The summed E-state index contributed by atoms with van der Waals surface area (Å²) in [5.74, 6) is 1.70. The van der Waals surface area contributed by atoms with Crippen LogP contribution in [0, 0.1) is 12.8 Å². The molecule has 1 aliphatic heterocycles. The second-order valence-electron chi connectivity index (χ2n) is 8.20. The number of nitrogens with one attached hydrogen (secondary N) is 1. The summed E-state index contributed by atoms with van der Waals surface area (Å²) in [5, 5.41) is 4.17. The molecule has 0 spiro atoms. The van der Waals surface area contributed by atoms with E-state index in [-0.39, 0.29) is 5.91 Å². The molecule has 1 aliphatic rings. The van der Waals surface area contributed by atoms with Gasteiger partial charge in [-0.05, 0) is 37.7 Å². The fourth-order valence-electron chi connectivity index (χ4n) is 3.72. The van der Waals surface area contributed by atoms with Crippen LogP contribution in [0.15, 0.2) is 24.3 Å². The first-order valence-corrected chi connectivity index (χ1v) is 11.8. The number of piperidine rings is 1. The molecular formula is C23H34N4OS. The maximum Gasteiger partial charge on any atom is 0.220 e. The number of hydrogen-bond donors (Lipinski definition) is 1. The highest BCUT2D eigenvalue weighted by molar-refractivity contribution is 7.09. The van der Waals surface area contributed by atoms with Gasteiger partial charge in [-0.3, -0.25) is 4.79 Å². The molecule has 2 aromatic rings. The number of unbranched alkanes of at least 4 members (excludes halogenated alkanes) is 3. The Kier molecular flexibility index (Phi) is 8.47. The van der Waals surface area contributed by atoms with Gasteiger partial charge in [0.05, 0.1) is 0 Å². The molecule has 1 saturated heterocycles. The SMILES string of the molecule is CCCCCCC(=O)NCC1CCN(c2nc(Cc3ccc(C)cc3)ns2)CC1. The Bertz CT molecular complexity index is 750. The Morgan fingerprint density at radius 2 is 1.93 bits per heavy atom. The molecule has 0 saturated carbocycles. The molecule has 1 fully saturated rings. The summed E-state index contributed by atoms with van der Waals surface area (Å²) in [7, 11) is 0. The van der Waals surface area contributed by atoms with Crippen LogP contribution in [-0.4, -0.2) is 34.9 Å². The van der Waals surface area contributed by atoms with E-state index in [1.54, 1.807) is 0 Å². The monoisotopic (exact) mass is 414 g/mol. The summed E-state index contributed by atoms with van der Waals surface area (Å²) in [6.07, 6.45) is 8.28. The molecule has 0 unspecified atom stereocenters. The Hall–Kier alpha value is -1.95. The lowest BCUT2D eigenvalue weighted by atomic mass is 9.97. The van der Waals surface area contributed by atoms with Crippen molar-refractivity contribution >= 4 is 22.6 Å². The van der Waals surface area contributed by atoms with Crippen LogP contribution in [0.3, 0.4) is 0 Å². The zero-order valence-corrected chi connectivity index (χ0v) is 18.6. The minimum absolute atomic E-state index is 0.216. The second-order valence-corrected chi connectivity index (χ2v) is 8.93. The predicted molar refractivity (Wildman–Crippen MR) is 121 cm³/mol. The molecule has 6 heteroatoms. The summed E-state index contributed by atoms with van der Waals surface area (Å²) in [5.41, 5.74) is 2.53. The number of carbonyl (C=O) groups excluding carboxylic acids is 1. The zero-order chi connectivity index (χ0) is 20.5. The van der Waals surface area contributed by atoms with Crippen LogP contribution in [0.4, 0.5) is 5.13 Å². The van der Waals surface area contributed by atoms with Crippen molar-refractivity contribution in [3.8, 4) is 0 Å². The number of aromatic nitrogens is 2. The Morgan fingerprint density at radius 1 is 1.17 bits per heavy atom.